The van der Waals surface area contributed by atoms with E-state index in [1.165, 1.54) is 27.1 Å². The fourth-order valence-corrected chi connectivity index (χ4v) is 5.81. The van der Waals surface area contributed by atoms with Crippen LogP contribution in [0.1, 0.15) is 58.3 Å². The van der Waals surface area contributed by atoms with Gasteiger partial charge in [-0.15, -0.1) is 0 Å². The van der Waals surface area contributed by atoms with Gasteiger partial charge in [0.05, 0.1) is 26.1 Å². The van der Waals surface area contributed by atoms with E-state index in [0.717, 1.165) is 25.7 Å². The fourth-order valence-electron chi connectivity index (χ4n) is 5.81. The maximum atomic E-state index is 12.3. The minimum Gasteiger partial charge on any atom is -0.469 e. The first kappa shape index (κ1) is 24.5. The Bertz CT molecular complexity index is 655. The van der Waals surface area contributed by atoms with E-state index in [4.69, 9.17) is 9.47 Å². The van der Waals surface area contributed by atoms with Crippen LogP contribution in [-0.4, -0.2) is 74.0 Å². The molecule has 8 nitrogen and oxygen atoms in total. The van der Waals surface area contributed by atoms with Crippen LogP contribution in [0.2, 0.25) is 0 Å². The zero-order chi connectivity index (χ0) is 23.3. The zero-order valence-corrected chi connectivity index (χ0v) is 19.7. The summed E-state index contributed by atoms with van der Waals surface area (Å²) in [6.07, 6.45) is 7.06. The molecule has 2 aliphatic heterocycles. The van der Waals surface area contributed by atoms with Gasteiger partial charge >= 0.3 is 11.9 Å². The highest BCUT2D eigenvalue weighted by Gasteiger charge is 2.37. The molecule has 0 aromatic rings. The van der Waals surface area contributed by atoms with Crippen molar-refractivity contribution in [2.24, 2.45) is 29.6 Å². The predicted molar refractivity (Wildman–Crippen MR) is 117 cm³/mol. The van der Waals surface area contributed by atoms with E-state index >= 15 is 0 Å². The molecule has 3 fully saturated rings. The molecule has 0 aromatic carbocycles. The highest BCUT2D eigenvalue weighted by molar-refractivity contribution is 5.87. The Morgan fingerprint density at radius 2 is 1.19 bits per heavy atom. The van der Waals surface area contributed by atoms with Gasteiger partial charge in [-0.2, -0.15) is 0 Å². The van der Waals surface area contributed by atoms with Gasteiger partial charge in [-0.25, -0.2) is 0 Å². The predicted octanol–water partition coefficient (Wildman–Crippen LogP) is 2.25. The van der Waals surface area contributed by atoms with Crippen molar-refractivity contribution in [1.82, 2.24) is 9.80 Å². The van der Waals surface area contributed by atoms with Crippen LogP contribution in [0.3, 0.4) is 0 Å². The molecule has 1 saturated carbocycles. The van der Waals surface area contributed by atoms with Crippen molar-refractivity contribution in [1.29, 1.82) is 0 Å². The summed E-state index contributed by atoms with van der Waals surface area (Å²) in [5.74, 6) is 0.629. The minimum atomic E-state index is -0.332. The Hall–Kier alpha value is -2.12. The van der Waals surface area contributed by atoms with Crippen LogP contribution in [-0.2, 0) is 28.7 Å². The lowest BCUT2D eigenvalue weighted by molar-refractivity contribution is -0.145. The molecule has 2 saturated heterocycles. The molecule has 0 radical (unpaired) electrons. The van der Waals surface area contributed by atoms with Crippen LogP contribution in [0, 0.1) is 29.6 Å². The molecular weight excluding hydrogens is 412 g/mol. The number of carbonyl (C=O) groups is 4. The summed E-state index contributed by atoms with van der Waals surface area (Å²) < 4.78 is 9.60. The Kier molecular flexibility index (Phi) is 8.54. The van der Waals surface area contributed by atoms with E-state index in [0.29, 0.717) is 43.9 Å². The normalized spacial score (nSPS) is 30.7. The fraction of sp³-hybridized carbons (Fsp3) is 0.833. The number of nitrogens with zero attached hydrogens (tertiary/aromatic N) is 2. The number of ether oxygens (including phenoxy) is 2. The molecule has 8 heteroatoms. The maximum Gasteiger partial charge on any atom is 0.310 e. The molecular formula is C24H38N2O6. The zero-order valence-electron chi connectivity index (χ0n) is 19.7. The highest BCUT2D eigenvalue weighted by atomic mass is 16.5. The summed E-state index contributed by atoms with van der Waals surface area (Å²) in [5, 5.41) is 0. The van der Waals surface area contributed by atoms with Crippen molar-refractivity contribution in [3.05, 3.63) is 0 Å². The Morgan fingerprint density at radius 1 is 0.781 bits per heavy atom. The van der Waals surface area contributed by atoms with Crippen molar-refractivity contribution in [2.75, 3.05) is 40.4 Å². The SMILES string of the molecule is CCC1CC(CCN2CC(C(=O)OC)CC2=O)CC(CCN2CC(C(=O)OC)CC2=O)C1. The summed E-state index contributed by atoms with van der Waals surface area (Å²) in [7, 11) is 2.74. The van der Waals surface area contributed by atoms with Crippen molar-refractivity contribution >= 4 is 23.8 Å². The molecule has 3 aliphatic rings. The largest absolute Gasteiger partial charge is 0.469 e. The lowest BCUT2D eigenvalue weighted by atomic mass is 9.72. The average Bonchev–Trinajstić information content (AvgIpc) is 3.37. The number of hydrogen-bond acceptors (Lipinski definition) is 6. The molecule has 2 amide bonds. The van der Waals surface area contributed by atoms with Crippen LogP contribution >= 0.6 is 0 Å². The van der Waals surface area contributed by atoms with Gasteiger partial charge in [0.25, 0.3) is 0 Å². The molecule has 2 heterocycles. The van der Waals surface area contributed by atoms with Crippen LogP contribution < -0.4 is 0 Å². The third kappa shape index (κ3) is 6.01. The second-order valence-corrected chi connectivity index (χ2v) is 9.82. The molecule has 3 rings (SSSR count). The first-order valence-corrected chi connectivity index (χ1v) is 12.1. The first-order chi connectivity index (χ1) is 15.3. The topological polar surface area (TPSA) is 93.2 Å². The molecule has 0 aromatic heterocycles. The smallest absolute Gasteiger partial charge is 0.310 e. The number of hydrogen-bond donors (Lipinski definition) is 0. The number of carbonyl (C=O) groups excluding carboxylic acids is 4. The summed E-state index contributed by atoms with van der Waals surface area (Å²) in [6, 6.07) is 0. The lowest BCUT2D eigenvalue weighted by Gasteiger charge is -2.36. The van der Waals surface area contributed by atoms with Crippen LogP contribution in [0.25, 0.3) is 0 Å². The Labute approximate surface area is 191 Å². The molecule has 4 atom stereocenters. The third-order valence-electron chi connectivity index (χ3n) is 7.69. The monoisotopic (exact) mass is 450 g/mol. The number of methoxy groups -OCH3 is 2. The van der Waals surface area contributed by atoms with Crippen molar-refractivity contribution < 1.29 is 28.7 Å². The molecule has 0 spiro atoms. The van der Waals surface area contributed by atoms with Crippen molar-refractivity contribution in [2.45, 2.75) is 58.3 Å². The molecule has 0 bridgehead atoms. The second kappa shape index (κ2) is 11.1. The van der Waals surface area contributed by atoms with Crippen LogP contribution in [0.15, 0.2) is 0 Å². The van der Waals surface area contributed by atoms with Gasteiger partial charge in [0.2, 0.25) is 11.8 Å². The quantitative estimate of drug-likeness (QED) is 0.500. The van der Waals surface area contributed by atoms with Gasteiger partial charge in [-0.1, -0.05) is 13.3 Å². The van der Waals surface area contributed by atoms with Crippen molar-refractivity contribution in [3.63, 3.8) is 0 Å². The summed E-state index contributed by atoms with van der Waals surface area (Å²) in [4.78, 5) is 51.7. The molecule has 4 unspecified atom stereocenters. The third-order valence-corrected chi connectivity index (χ3v) is 7.69. The molecule has 32 heavy (non-hydrogen) atoms. The standard InChI is InChI=1S/C24H38N2O6/c1-4-16-9-17(5-7-25-14-19(12-21(25)27)23(29)31-2)11-18(10-16)6-8-26-15-20(13-22(26)28)24(30)32-3/h16-20H,4-15H2,1-3H3. The number of likely N-dealkylation sites (tertiary alicyclic amines) is 2. The summed E-state index contributed by atoms with van der Waals surface area (Å²) in [6.45, 7) is 4.58. The molecule has 0 N–H and O–H groups in total. The summed E-state index contributed by atoms with van der Waals surface area (Å²) >= 11 is 0. The molecule has 1 aliphatic carbocycles. The van der Waals surface area contributed by atoms with Gasteiger partial charge in [-0.05, 0) is 49.9 Å². The van der Waals surface area contributed by atoms with Gasteiger partial charge < -0.3 is 19.3 Å². The number of esters is 2. The van der Waals surface area contributed by atoms with E-state index in [2.05, 4.69) is 6.92 Å². The van der Waals surface area contributed by atoms with Gasteiger partial charge in [-0.3, -0.25) is 19.2 Å². The minimum absolute atomic E-state index is 0.0486. The maximum absolute atomic E-state index is 12.3. The van der Waals surface area contributed by atoms with E-state index in [9.17, 15) is 19.2 Å². The van der Waals surface area contributed by atoms with E-state index < -0.39 is 0 Å². The van der Waals surface area contributed by atoms with Gasteiger partial charge in [0, 0.05) is 39.0 Å². The van der Waals surface area contributed by atoms with E-state index in [-0.39, 0.29) is 48.4 Å². The first-order valence-electron chi connectivity index (χ1n) is 12.1. The Morgan fingerprint density at radius 3 is 1.56 bits per heavy atom. The van der Waals surface area contributed by atoms with Gasteiger partial charge in [0.15, 0.2) is 0 Å². The second-order valence-electron chi connectivity index (χ2n) is 9.82. The number of amides is 2. The average molecular weight is 451 g/mol. The van der Waals surface area contributed by atoms with Crippen molar-refractivity contribution in [3.8, 4) is 0 Å². The Balaban J connectivity index is 1.47. The molecule has 180 valence electrons. The van der Waals surface area contributed by atoms with Crippen LogP contribution in [0.5, 0.6) is 0 Å². The van der Waals surface area contributed by atoms with E-state index in [1.54, 1.807) is 0 Å². The summed E-state index contributed by atoms with van der Waals surface area (Å²) in [5.41, 5.74) is 0. The van der Waals surface area contributed by atoms with Crippen LogP contribution in [0.4, 0.5) is 0 Å². The highest BCUT2D eigenvalue weighted by Crippen LogP contribution is 2.39. The number of rotatable bonds is 9. The lowest BCUT2D eigenvalue weighted by Crippen LogP contribution is -2.33. The van der Waals surface area contributed by atoms with E-state index in [1.807, 2.05) is 9.80 Å². The van der Waals surface area contributed by atoms with Gasteiger partial charge in [0.1, 0.15) is 0 Å².